The average molecular weight is 431 g/mol. The maximum Gasteiger partial charge on any atom is 0.268 e. The van der Waals surface area contributed by atoms with Crippen molar-refractivity contribution in [1.82, 2.24) is 20.9 Å². The molecule has 0 fully saturated rings. The zero-order valence-corrected chi connectivity index (χ0v) is 18.7. The molecule has 6 nitrogen and oxygen atoms in total. The third kappa shape index (κ3) is 10.1. The smallest absolute Gasteiger partial charge is 0.268 e. The highest BCUT2D eigenvalue weighted by atomic mass is 32.2. The first-order valence-electron chi connectivity index (χ1n) is 9.05. The number of thiazole rings is 1. The Morgan fingerprint density at radius 1 is 1.26 bits per heavy atom. The summed E-state index contributed by atoms with van der Waals surface area (Å²) in [4.78, 5) is 29.1. The van der Waals surface area contributed by atoms with Crippen LogP contribution in [0.5, 0.6) is 0 Å². The number of hydrogen-bond donors (Lipinski definition) is 4. The van der Waals surface area contributed by atoms with Crippen molar-refractivity contribution in [1.29, 1.82) is 0 Å². The molecule has 1 aromatic rings. The summed E-state index contributed by atoms with van der Waals surface area (Å²) in [5.41, 5.74) is 0.633. The van der Waals surface area contributed by atoms with Crippen LogP contribution < -0.4 is 16.0 Å². The summed E-state index contributed by atoms with van der Waals surface area (Å²) in [6.07, 6.45) is 4.27. The number of allylic oxidation sites excluding steroid dienone is 1. The van der Waals surface area contributed by atoms with E-state index >= 15 is 0 Å². The third-order valence-electron chi connectivity index (χ3n) is 3.56. The second kappa shape index (κ2) is 13.9. The summed E-state index contributed by atoms with van der Waals surface area (Å²) in [6.45, 7) is 5.47. The van der Waals surface area contributed by atoms with Crippen LogP contribution in [0.2, 0.25) is 0 Å². The summed E-state index contributed by atoms with van der Waals surface area (Å²) in [5.74, 6) is 1.26. The highest BCUT2D eigenvalue weighted by molar-refractivity contribution is 8.02. The first-order chi connectivity index (χ1) is 13.0. The van der Waals surface area contributed by atoms with Gasteiger partial charge in [0, 0.05) is 42.4 Å². The number of carbonyl (C=O) groups is 2. The number of carbonyl (C=O) groups excluding carboxylic acids is 2. The molecule has 0 aliphatic carbocycles. The van der Waals surface area contributed by atoms with Crippen molar-refractivity contribution in [2.24, 2.45) is 5.92 Å². The predicted octanol–water partition coefficient (Wildman–Crippen LogP) is 2.80. The lowest BCUT2D eigenvalue weighted by Crippen LogP contribution is -2.32. The first kappa shape index (κ1) is 23.8. The molecule has 1 aromatic heterocycles. The molecule has 9 heteroatoms. The maximum absolute atomic E-state index is 12.6. The molecule has 3 N–H and O–H groups in total. The van der Waals surface area contributed by atoms with Gasteiger partial charge in [-0.3, -0.25) is 9.59 Å². The number of rotatable bonds is 13. The van der Waals surface area contributed by atoms with Crippen LogP contribution in [0.25, 0.3) is 0 Å². The van der Waals surface area contributed by atoms with E-state index in [2.05, 4.69) is 47.4 Å². The molecule has 0 radical (unpaired) electrons. The molecular formula is C18H30N4O2S3. The highest BCUT2D eigenvalue weighted by Gasteiger charge is 2.16. The van der Waals surface area contributed by atoms with Crippen LogP contribution in [0.4, 0.5) is 0 Å². The number of nitrogens with zero attached hydrogens (tertiary/aromatic N) is 1. The van der Waals surface area contributed by atoms with Gasteiger partial charge in [0.15, 0.2) is 0 Å². The van der Waals surface area contributed by atoms with Gasteiger partial charge in [0.05, 0.1) is 5.75 Å². The van der Waals surface area contributed by atoms with E-state index in [-0.39, 0.29) is 17.6 Å². The molecule has 0 bridgehead atoms. The van der Waals surface area contributed by atoms with Gasteiger partial charge in [0.25, 0.3) is 5.91 Å². The van der Waals surface area contributed by atoms with Crippen LogP contribution in [0, 0.1) is 5.92 Å². The van der Waals surface area contributed by atoms with Gasteiger partial charge in [-0.2, -0.15) is 12.6 Å². The molecule has 0 saturated carbocycles. The van der Waals surface area contributed by atoms with Crippen molar-refractivity contribution in [3.63, 3.8) is 0 Å². The van der Waals surface area contributed by atoms with Gasteiger partial charge in [0.2, 0.25) is 5.91 Å². The second-order valence-electron chi connectivity index (χ2n) is 6.33. The zero-order valence-electron chi connectivity index (χ0n) is 16.2. The average Bonchev–Trinajstić information content (AvgIpc) is 3.15. The van der Waals surface area contributed by atoms with Crippen molar-refractivity contribution < 1.29 is 9.59 Å². The molecule has 0 aromatic carbocycles. The predicted molar refractivity (Wildman–Crippen MR) is 118 cm³/mol. The number of likely N-dealkylation sites (N-methyl/N-ethyl adjacent to an activating group) is 1. The molecule has 1 rings (SSSR count). The summed E-state index contributed by atoms with van der Waals surface area (Å²) in [6, 6.07) is 0. The lowest BCUT2D eigenvalue weighted by molar-refractivity contribution is -0.119. The Hall–Kier alpha value is -1.19. The fourth-order valence-corrected chi connectivity index (χ4v) is 4.40. The van der Waals surface area contributed by atoms with Crippen molar-refractivity contribution in [2.75, 3.05) is 25.9 Å². The van der Waals surface area contributed by atoms with Crippen molar-refractivity contribution in [3.8, 4) is 0 Å². The van der Waals surface area contributed by atoms with Crippen LogP contribution >= 0.6 is 35.7 Å². The van der Waals surface area contributed by atoms with Crippen LogP contribution in [0.3, 0.4) is 0 Å². The minimum absolute atomic E-state index is 0.0710. The molecule has 152 valence electrons. The van der Waals surface area contributed by atoms with E-state index < -0.39 is 0 Å². The number of hydrogen-bond acceptors (Lipinski definition) is 7. The van der Waals surface area contributed by atoms with Crippen LogP contribution in [0.15, 0.2) is 22.2 Å². The molecule has 0 spiro atoms. The van der Waals surface area contributed by atoms with Crippen LogP contribution in [-0.4, -0.2) is 42.7 Å². The van der Waals surface area contributed by atoms with Gasteiger partial charge in [-0.25, -0.2) is 4.98 Å². The van der Waals surface area contributed by atoms with Crippen molar-refractivity contribution in [2.45, 2.75) is 38.9 Å². The molecular weight excluding hydrogens is 400 g/mol. The minimum Gasteiger partial charge on any atom is -0.383 e. The molecule has 0 saturated heterocycles. The minimum atomic E-state index is -0.0841. The number of aromatic nitrogens is 1. The Bertz CT molecular complexity index is 604. The molecule has 0 aliphatic heterocycles. The number of unbranched alkanes of at least 4 members (excludes halogenated alkanes) is 1. The Morgan fingerprint density at radius 3 is 2.52 bits per heavy atom. The van der Waals surface area contributed by atoms with E-state index in [1.165, 1.54) is 0 Å². The van der Waals surface area contributed by atoms with Gasteiger partial charge in [-0.05, 0) is 25.2 Å². The number of nitrogens with one attached hydrogen (secondary N) is 3. The molecule has 27 heavy (non-hydrogen) atoms. The standard InChI is InChI=1S/C18H30N4O2S3/c1-13(2)10-14(27-12-16-21-8-9-26-16)17(19-3)18(24)22-7-5-4-6-20-15(23)11-25/h8-9,13,19,25H,4-7,10-12H2,1-3H3,(H,20,23)(H,22,24)/b17-14-. The zero-order chi connectivity index (χ0) is 20.1. The molecule has 0 unspecified atom stereocenters. The third-order valence-corrected chi connectivity index (χ3v) is 5.94. The summed E-state index contributed by atoms with van der Waals surface area (Å²) in [5, 5.41) is 11.8. The molecule has 0 aliphatic rings. The van der Waals surface area contributed by atoms with E-state index in [4.69, 9.17) is 0 Å². The maximum atomic E-state index is 12.6. The van der Waals surface area contributed by atoms with Gasteiger partial charge < -0.3 is 16.0 Å². The monoisotopic (exact) mass is 430 g/mol. The summed E-state index contributed by atoms with van der Waals surface area (Å²) < 4.78 is 0. The van der Waals surface area contributed by atoms with Gasteiger partial charge >= 0.3 is 0 Å². The molecule has 1 heterocycles. The van der Waals surface area contributed by atoms with E-state index in [0.717, 1.165) is 34.9 Å². The summed E-state index contributed by atoms with van der Waals surface area (Å²) >= 11 is 7.21. The highest BCUT2D eigenvalue weighted by Crippen LogP contribution is 2.29. The van der Waals surface area contributed by atoms with E-state index in [1.54, 1.807) is 36.3 Å². The Morgan fingerprint density at radius 2 is 1.96 bits per heavy atom. The van der Waals surface area contributed by atoms with Gasteiger partial charge in [0.1, 0.15) is 10.7 Å². The topological polar surface area (TPSA) is 83.1 Å². The number of thioether (sulfide) groups is 1. The van der Waals surface area contributed by atoms with Crippen molar-refractivity contribution >= 4 is 47.5 Å². The van der Waals surface area contributed by atoms with Crippen LogP contribution in [-0.2, 0) is 15.3 Å². The van der Waals surface area contributed by atoms with Crippen LogP contribution in [0.1, 0.15) is 38.1 Å². The molecule has 2 amide bonds. The van der Waals surface area contributed by atoms with Crippen molar-refractivity contribution in [3.05, 3.63) is 27.2 Å². The Labute approximate surface area is 175 Å². The Kier molecular flexibility index (Phi) is 12.3. The largest absolute Gasteiger partial charge is 0.383 e. The quantitative estimate of drug-likeness (QED) is 0.220. The van der Waals surface area contributed by atoms with Gasteiger partial charge in [-0.1, -0.05) is 13.8 Å². The van der Waals surface area contributed by atoms with Gasteiger partial charge in [-0.15, -0.1) is 23.1 Å². The number of thiol groups is 1. The fraction of sp³-hybridized carbons (Fsp3) is 0.611. The van der Waals surface area contributed by atoms with E-state index in [9.17, 15) is 9.59 Å². The normalized spacial score (nSPS) is 11.9. The molecule has 0 atom stereocenters. The number of amides is 2. The lowest BCUT2D eigenvalue weighted by Gasteiger charge is -2.16. The SMILES string of the molecule is CN/C(C(=O)NCCCCNC(=O)CS)=C(/CC(C)C)SCc1nccs1. The Balaban J connectivity index is 2.55. The van der Waals surface area contributed by atoms with E-state index in [0.29, 0.717) is 24.7 Å². The summed E-state index contributed by atoms with van der Waals surface area (Å²) in [7, 11) is 1.78. The van der Waals surface area contributed by atoms with E-state index in [1.807, 2.05) is 5.38 Å². The first-order valence-corrected chi connectivity index (χ1v) is 11.6. The lowest BCUT2D eigenvalue weighted by atomic mass is 10.1. The second-order valence-corrected chi connectivity index (χ2v) is 8.70. The fourth-order valence-electron chi connectivity index (χ4n) is 2.28.